The van der Waals surface area contributed by atoms with E-state index in [-0.39, 0.29) is 24.5 Å². The first kappa shape index (κ1) is 20.2. The van der Waals surface area contributed by atoms with Crippen LogP contribution in [0.1, 0.15) is 28.5 Å². The molecular formula is C23H27N3O4. The van der Waals surface area contributed by atoms with Gasteiger partial charge in [-0.25, -0.2) is 0 Å². The van der Waals surface area contributed by atoms with Crippen molar-refractivity contribution in [1.29, 1.82) is 0 Å². The van der Waals surface area contributed by atoms with Gasteiger partial charge in [0.2, 0.25) is 11.6 Å². The van der Waals surface area contributed by atoms with E-state index in [1.807, 2.05) is 40.7 Å². The molecule has 2 aromatic heterocycles. The van der Waals surface area contributed by atoms with E-state index in [0.29, 0.717) is 37.6 Å². The molecule has 1 atom stereocenters. The fraction of sp³-hybridized carbons (Fsp3) is 0.391. The van der Waals surface area contributed by atoms with Crippen molar-refractivity contribution in [1.82, 2.24) is 14.4 Å². The zero-order valence-electron chi connectivity index (χ0n) is 17.6. The molecule has 7 nitrogen and oxygen atoms in total. The van der Waals surface area contributed by atoms with E-state index in [4.69, 9.17) is 9.15 Å². The highest BCUT2D eigenvalue weighted by atomic mass is 16.5. The maximum Gasteiger partial charge on any atom is 0.270 e. The molecule has 4 rings (SSSR count). The van der Waals surface area contributed by atoms with E-state index in [9.17, 15) is 9.59 Å². The van der Waals surface area contributed by atoms with Crippen molar-refractivity contribution in [2.45, 2.75) is 26.4 Å². The highest BCUT2D eigenvalue weighted by Gasteiger charge is 2.31. The number of rotatable bonds is 5. The number of hydrogen-bond acceptors (Lipinski definition) is 4. The summed E-state index contributed by atoms with van der Waals surface area (Å²) in [5.41, 5.74) is 3.62. The Hall–Kier alpha value is -3.06. The first-order chi connectivity index (χ1) is 14.5. The van der Waals surface area contributed by atoms with Crippen molar-refractivity contribution in [2.75, 3.05) is 33.4 Å². The third kappa shape index (κ3) is 3.73. The maximum atomic E-state index is 13.4. The summed E-state index contributed by atoms with van der Waals surface area (Å²) in [6.07, 6.45) is 1.65. The van der Waals surface area contributed by atoms with Crippen molar-refractivity contribution in [2.24, 2.45) is 0 Å². The topological polar surface area (TPSA) is 67.9 Å². The standard InChI is InChI=1S/C23H27N3O4/c1-16-6-4-5-7-19(16)14-26-20(12-18-8-11-30-23(18)26)22(28)24-9-10-25(17(2)13-24)21(27)15-29-3/h4-8,11-12,17H,9-10,13-15H2,1-3H3. The van der Waals surface area contributed by atoms with E-state index in [0.717, 1.165) is 10.9 Å². The number of fused-ring (bicyclic) bond motifs is 1. The Bertz CT molecular complexity index is 1070. The number of methoxy groups -OCH3 is 1. The van der Waals surface area contributed by atoms with E-state index < -0.39 is 0 Å². The highest BCUT2D eigenvalue weighted by Crippen LogP contribution is 2.25. The first-order valence-corrected chi connectivity index (χ1v) is 10.2. The predicted octanol–water partition coefficient (Wildman–Crippen LogP) is 2.91. The lowest BCUT2D eigenvalue weighted by Crippen LogP contribution is -2.56. The number of aromatic nitrogens is 1. The zero-order valence-corrected chi connectivity index (χ0v) is 17.6. The minimum Gasteiger partial charge on any atom is -0.448 e. The molecule has 1 aliphatic heterocycles. The molecular weight excluding hydrogens is 382 g/mol. The van der Waals surface area contributed by atoms with E-state index >= 15 is 0 Å². The van der Waals surface area contributed by atoms with Gasteiger partial charge >= 0.3 is 0 Å². The highest BCUT2D eigenvalue weighted by molar-refractivity contribution is 5.98. The Kier molecular flexibility index (Phi) is 5.63. The van der Waals surface area contributed by atoms with Crippen LogP contribution in [0.15, 0.2) is 47.1 Å². The molecule has 3 heterocycles. The van der Waals surface area contributed by atoms with E-state index in [2.05, 4.69) is 19.1 Å². The van der Waals surface area contributed by atoms with E-state index in [1.54, 1.807) is 11.2 Å². The molecule has 2 amide bonds. The van der Waals surface area contributed by atoms with Crippen LogP contribution in [0, 0.1) is 6.92 Å². The molecule has 0 N–H and O–H groups in total. The number of carbonyl (C=O) groups is 2. The van der Waals surface area contributed by atoms with Gasteiger partial charge in [-0.15, -0.1) is 0 Å². The molecule has 0 radical (unpaired) electrons. The van der Waals surface area contributed by atoms with Gasteiger partial charge in [-0.2, -0.15) is 0 Å². The SMILES string of the molecule is COCC(=O)N1CCN(C(=O)c2cc3ccoc3n2Cc2ccccc2C)CC1C. The molecule has 30 heavy (non-hydrogen) atoms. The van der Waals surface area contributed by atoms with Crippen molar-refractivity contribution in [3.05, 3.63) is 59.5 Å². The normalized spacial score (nSPS) is 17.0. The Morgan fingerprint density at radius 3 is 2.73 bits per heavy atom. The second-order valence-corrected chi connectivity index (χ2v) is 7.84. The van der Waals surface area contributed by atoms with Gasteiger partial charge < -0.3 is 23.5 Å². The Balaban J connectivity index is 1.59. The second-order valence-electron chi connectivity index (χ2n) is 7.84. The summed E-state index contributed by atoms with van der Waals surface area (Å²) in [6, 6.07) is 11.9. The number of aryl methyl sites for hydroxylation is 1. The van der Waals surface area contributed by atoms with Crippen molar-refractivity contribution < 1.29 is 18.7 Å². The molecule has 1 fully saturated rings. The summed E-state index contributed by atoms with van der Waals surface area (Å²) in [4.78, 5) is 29.3. The average molecular weight is 409 g/mol. The molecule has 0 spiro atoms. The molecule has 1 unspecified atom stereocenters. The Morgan fingerprint density at radius 1 is 1.20 bits per heavy atom. The number of benzene rings is 1. The van der Waals surface area contributed by atoms with Gasteiger partial charge in [-0.3, -0.25) is 9.59 Å². The van der Waals surface area contributed by atoms with Gasteiger partial charge in [0.15, 0.2) is 0 Å². The van der Waals surface area contributed by atoms with Crippen LogP contribution < -0.4 is 0 Å². The molecule has 1 aromatic carbocycles. The zero-order chi connectivity index (χ0) is 21.3. The van der Waals surface area contributed by atoms with Crippen LogP contribution in [0.5, 0.6) is 0 Å². The lowest BCUT2D eigenvalue weighted by molar-refractivity contribution is -0.139. The minimum absolute atomic E-state index is 0.0410. The molecule has 0 bridgehead atoms. The van der Waals surface area contributed by atoms with Crippen LogP contribution in [0.2, 0.25) is 0 Å². The molecule has 0 aliphatic carbocycles. The van der Waals surface area contributed by atoms with Gasteiger partial charge in [0.1, 0.15) is 12.3 Å². The first-order valence-electron chi connectivity index (χ1n) is 10.2. The summed E-state index contributed by atoms with van der Waals surface area (Å²) < 4.78 is 12.6. The summed E-state index contributed by atoms with van der Waals surface area (Å²) in [5.74, 6) is -0.0850. The smallest absolute Gasteiger partial charge is 0.270 e. The van der Waals surface area contributed by atoms with Crippen LogP contribution in [-0.2, 0) is 16.1 Å². The van der Waals surface area contributed by atoms with Gasteiger partial charge in [-0.05, 0) is 37.1 Å². The number of carbonyl (C=O) groups excluding carboxylic acids is 2. The van der Waals surface area contributed by atoms with Gasteiger partial charge in [0, 0.05) is 38.2 Å². The summed E-state index contributed by atoms with van der Waals surface area (Å²) >= 11 is 0. The summed E-state index contributed by atoms with van der Waals surface area (Å²) in [7, 11) is 1.51. The lowest BCUT2D eigenvalue weighted by Gasteiger charge is -2.39. The Morgan fingerprint density at radius 2 is 2.00 bits per heavy atom. The maximum absolute atomic E-state index is 13.4. The largest absolute Gasteiger partial charge is 0.448 e. The van der Waals surface area contributed by atoms with Crippen molar-refractivity contribution in [3.8, 4) is 0 Å². The Labute approximate surface area is 175 Å². The van der Waals surface area contributed by atoms with Gasteiger partial charge in [0.25, 0.3) is 5.91 Å². The number of piperazine rings is 1. The average Bonchev–Trinajstić information content (AvgIpc) is 3.31. The number of nitrogens with zero attached hydrogens (tertiary/aromatic N) is 3. The molecule has 1 saturated heterocycles. The monoisotopic (exact) mass is 409 g/mol. The van der Waals surface area contributed by atoms with Crippen LogP contribution >= 0.6 is 0 Å². The minimum atomic E-state index is -0.0619. The summed E-state index contributed by atoms with van der Waals surface area (Å²) in [6.45, 7) is 6.15. The molecule has 0 saturated carbocycles. The molecule has 1 aliphatic rings. The molecule has 3 aromatic rings. The van der Waals surface area contributed by atoms with Crippen molar-refractivity contribution >= 4 is 22.9 Å². The quantitative estimate of drug-likeness (QED) is 0.650. The van der Waals surface area contributed by atoms with Crippen molar-refractivity contribution in [3.63, 3.8) is 0 Å². The third-order valence-electron chi connectivity index (χ3n) is 5.81. The van der Waals surface area contributed by atoms with E-state index in [1.165, 1.54) is 12.7 Å². The molecule has 158 valence electrons. The lowest BCUT2D eigenvalue weighted by atomic mass is 10.1. The predicted molar refractivity (Wildman–Crippen MR) is 113 cm³/mol. The van der Waals surface area contributed by atoms with Gasteiger partial charge in [0.05, 0.1) is 12.8 Å². The number of furan rings is 1. The second kappa shape index (κ2) is 8.36. The van der Waals surface area contributed by atoms with Crippen LogP contribution in [0.25, 0.3) is 11.1 Å². The molecule has 7 heteroatoms. The fourth-order valence-electron chi connectivity index (χ4n) is 4.15. The van der Waals surface area contributed by atoms with Gasteiger partial charge in [-0.1, -0.05) is 24.3 Å². The van der Waals surface area contributed by atoms with Crippen LogP contribution in [0.3, 0.4) is 0 Å². The van der Waals surface area contributed by atoms with Crippen LogP contribution in [0.4, 0.5) is 0 Å². The number of ether oxygens (including phenoxy) is 1. The summed E-state index contributed by atoms with van der Waals surface area (Å²) in [5, 5.41) is 0.911. The third-order valence-corrected chi connectivity index (χ3v) is 5.81. The number of hydrogen-bond donors (Lipinski definition) is 0. The fourth-order valence-corrected chi connectivity index (χ4v) is 4.15. The van der Waals surface area contributed by atoms with Crippen LogP contribution in [-0.4, -0.2) is 65.6 Å². The number of amides is 2.